The highest BCUT2D eigenvalue weighted by Gasteiger charge is 2.16. The first-order valence-corrected chi connectivity index (χ1v) is 2.89. The van der Waals surface area contributed by atoms with Crippen LogP contribution in [0.3, 0.4) is 0 Å². The molecule has 1 N–H and O–H groups in total. The molecule has 10 heavy (non-hydrogen) atoms. The van der Waals surface area contributed by atoms with Crippen molar-refractivity contribution in [2.24, 2.45) is 5.89 Å². The molecule has 0 bridgehead atoms. The van der Waals surface area contributed by atoms with Crippen LogP contribution in [-0.4, -0.2) is 11.2 Å². The molecule has 1 rings (SSSR count). The Morgan fingerprint density at radius 2 is 2.60 bits per heavy atom. The summed E-state index contributed by atoms with van der Waals surface area (Å²) in [5.74, 6) is -2.39. The first kappa shape index (κ1) is 5.68. The molecule has 1 atom stereocenters. The molecule has 1 aliphatic rings. The maximum absolute atomic E-state index is 10.7. The zero-order valence-corrected chi connectivity index (χ0v) is 5.28. The Bertz CT molecular complexity index is 222. The molecule has 0 fully saturated rings. The molecule has 0 aromatic rings. The summed E-state index contributed by atoms with van der Waals surface area (Å²) in [5, 5.41) is 8.02. The van der Waals surface area contributed by atoms with E-state index >= 15 is 0 Å². The van der Waals surface area contributed by atoms with Crippen LogP contribution in [0.4, 0.5) is 0 Å². The van der Waals surface area contributed by atoms with Gasteiger partial charge in [-0.05, 0) is 6.42 Å². The normalized spacial score (nSPS) is 31.5. The van der Waals surface area contributed by atoms with Crippen molar-refractivity contribution < 1.29 is 16.3 Å². The molecule has 0 aromatic heterocycles. The van der Waals surface area contributed by atoms with E-state index in [0.717, 1.165) is 0 Å². The van der Waals surface area contributed by atoms with Crippen molar-refractivity contribution in [3.8, 4) is 0 Å². The molecule has 1 unspecified atom stereocenters. The molecule has 3 nitrogen and oxygen atoms in total. The Balaban J connectivity index is 2.75. The molecule has 1 aliphatic carbocycles. The van der Waals surface area contributed by atoms with E-state index in [1.54, 1.807) is 18.2 Å². The van der Waals surface area contributed by atoms with Crippen molar-refractivity contribution in [2.75, 3.05) is 0 Å². The molecule has 0 radical (unpaired) electrons. The van der Waals surface area contributed by atoms with E-state index in [-0.39, 0.29) is 6.42 Å². The second-order valence-corrected chi connectivity index (χ2v) is 1.90. The largest absolute Gasteiger partial charge is 0.349 e. The fraction of sp³-hybridized carbons (Fsp3) is 0.286. The van der Waals surface area contributed by atoms with E-state index in [1.807, 2.05) is 0 Å². The lowest BCUT2D eigenvalue weighted by molar-refractivity contribution is -0.237. The van der Waals surface area contributed by atoms with Crippen LogP contribution in [0.15, 0.2) is 24.3 Å². The number of carbonyl (C=O) groups excluding carboxylic acids is 1. The summed E-state index contributed by atoms with van der Waals surface area (Å²) in [5.41, 5.74) is 0. The third-order valence-corrected chi connectivity index (χ3v) is 1.23. The molecule has 54 valence electrons. The maximum atomic E-state index is 10.7. The second kappa shape index (κ2) is 3.17. The Labute approximate surface area is 59.9 Å². The van der Waals surface area contributed by atoms with Crippen LogP contribution in [0.2, 0.25) is 0 Å². The van der Waals surface area contributed by atoms with Gasteiger partial charge in [-0.3, -0.25) is 0 Å². The predicted molar refractivity (Wildman–Crippen MR) is 35.1 cm³/mol. The van der Waals surface area contributed by atoms with E-state index in [9.17, 15) is 4.79 Å². The van der Waals surface area contributed by atoms with Crippen LogP contribution in [-0.2, 0) is 9.68 Å². The topological polar surface area (TPSA) is 46.5 Å². The van der Waals surface area contributed by atoms with Gasteiger partial charge in [-0.2, -0.15) is 5.26 Å². The summed E-state index contributed by atoms with van der Waals surface area (Å²) < 4.78 is 7.45. The van der Waals surface area contributed by atoms with Crippen molar-refractivity contribution in [2.45, 2.75) is 6.42 Å². The minimum Gasteiger partial charge on any atom is -0.300 e. The van der Waals surface area contributed by atoms with Crippen molar-refractivity contribution in [3.63, 3.8) is 0 Å². The lowest BCUT2D eigenvalue weighted by Gasteiger charge is -2.06. The number of hydrogen-bond donors (Lipinski definition) is 1. The standard InChI is InChI=1S/C7H8O3/c8-7(10-9)6-4-2-1-3-5-6/h1-4,6,9H,5H2/i6D. The van der Waals surface area contributed by atoms with Crippen LogP contribution < -0.4 is 0 Å². The van der Waals surface area contributed by atoms with Gasteiger partial charge in [0.25, 0.3) is 0 Å². The highest BCUT2D eigenvalue weighted by Crippen LogP contribution is 2.12. The van der Waals surface area contributed by atoms with Gasteiger partial charge in [-0.1, -0.05) is 24.3 Å². The molecule has 0 spiro atoms. The number of carbonyl (C=O) groups is 1. The summed E-state index contributed by atoms with van der Waals surface area (Å²) >= 11 is 0. The van der Waals surface area contributed by atoms with Gasteiger partial charge in [0.15, 0.2) is 0 Å². The van der Waals surface area contributed by atoms with Gasteiger partial charge in [0.1, 0.15) is 0 Å². The van der Waals surface area contributed by atoms with Crippen LogP contribution in [0.5, 0.6) is 0 Å². The second-order valence-electron chi connectivity index (χ2n) is 1.90. The Morgan fingerprint density at radius 1 is 1.80 bits per heavy atom. The molecule has 0 saturated carbocycles. The van der Waals surface area contributed by atoms with Gasteiger partial charge >= 0.3 is 5.97 Å². The zero-order valence-electron chi connectivity index (χ0n) is 6.28. The fourth-order valence-electron chi connectivity index (χ4n) is 0.723. The summed E-state index contributed by atoms with van der Waals surface area (Å²) in [6, 6.07) is 0. The van der Waals surface area contributed by atoms with Gasteiger partial charge in [0.2, 0.25) is 0 Å². The van der Waals surface area contributed by atoms with Crippen LogP contribution in [0, 0.1) is 5.89 Å². The zero-order chi connectivity index (χ0) is 8.32. The third-order valence-electron chi connectivity index (χ3n) is 1.23. The molecule has 0 aromatic carbocycles. The Hall–Kier alpha value is -1.09. The SMILES string of the molecule is [2H]C1(C(=O)OO)C=CC=CC1. The van der Waals surface area contributed by atoms with Gasteiger partial charge < -0.3 is 4.89 Å². The quantitative estimate of drug-likeness (QED) is 0.440. The highest BCUT2D eigenvalue weighted by molar-refractivity contribution is 5.74. The summed E-state index contributed by atoms with van der Waals surface area (Å²) in [4.78, 5) is 14.2. The summed E-state index contributed by atoms with van der Waals surface area (Å²) in [6.07, 6.45) is 6.60. The molecular weight excluding hydrogens is 132 g/mol. The molecule has 3 heteroatoms. The van der Waals surface area contributed by atoms with E-state index in [0.29, 0.717) is 0 Å². The maximum Gasteiger partial charge on any atom is 0.349 e. The molecule has 0 aliphatic heterocycles. The average molecular weight is 141 g/mol. The van der Waals surface area contributed by atoms with Crippen molar-refractivity contribution in [1.29, 1.82) is 0 Å². The summed E-state index contributed by atoms with van der Waals surface area (Å²) in [6.45, 7) is 0. The summed E-state index contributed by atoms with van der Waals surface area (Å²) in [7, 11) is 0. The Morgan fingerprint density at radius 3 is 3.10 bits per heavy atom. The number of rotatable bonds is 1. The lowest BCUT2D eigenvalue weighted by atomic mass is 10.0. The molecule has 0 amide bonds. The minimum absolute atomic E-state index is 0.239. The van der Waals surface area contributed by atoms with Crippen LogP contribution in [0.25, 0.3) is 0 Å². The van der Waals surface area contributed by atoms with Crippen molar-refractivity contribution in [3.05, 3.63) is 24.3 Å². The van der Waals surface area contributed by atoms with Gasteiger partial charge in [0.05, 0.1) is 5.89 Å². The minimum atomic E-state index is -1.44. The van der Waals surface area contributed by atoms with Crippen LogP contribution in [0.1, 0.15) is 7.79 Å². The monoisotopic (exact) mass is 141 g/mol. The Kier molecular flexibility index (Phi) is 1.80. The van der Waals surface area contributed by atoms with Gasteiger partial charge in [-0.15, -0.1) is 0 Å². The molecule has 0 saturated heterocycles. The lowest BCUT2D eigenvalue weighted by Crippen LogP contribution is -2.14. The molecule has 0 heterocycles. The van der Waals surface area contributed by atoms with E-state index in [2.05, 4.69) is 4.89 Å². The van der Waals surface area contributed by atoms with Gasteiger partial charge in [0, 0.05) is 1.37 Å². The number of hydrogen-bond acceptors (Lipinski definition) is 3. The van der Waals surface area contributed by atoms with Crippen molar-refractivity contribution in [1.82, 2.24) is 0 Å². The molecular formula is C7H8O3. The van der Waals surface area contributed by atoms with E-state index < -0.39 is 11.9 Å². The smallest absolute Gasteiger partial charge is 0.300 e. The highest BCUT2D eigenvalue weighted by atomic mass is 17.1. The number of allylic oxidation sites excluding steroid dienone is 3. The van der Waals surface area contributed by atoms with Crippen molar-refractivity contribution >= 4 is 5.97 Å². The van der Waals surface area contributed by atoms with E-state index in [1.165, 1.54) is 6.08 Å². The fourth-order valence-corrected chi connectivity index (χ4v) is 0.723. The van der Waals surface area contributed by atoms with Gasteiger partial charge in [-0.25, -0.2) is 4.79 Å². The van der Waals surface area contributed by atoms with E-state index in [4.69, 9.17) is 6.63 Å². The predicted octanol–water partition coefficient (Wildman–Crippen LogP) is 1.13. The average Bonchev–Trinajstić information content (AvgIpc) is 2.04. The first-order chi connectivity index (χ1) is 5.19. The van der Waals surface area contributed by atoms with Crippen LogP contribution >= 0.6 is 0 Å². The third kappa shape index (κ3) is 1.45. The first-order valence-electron chi connectivity index (χ1n) is 3.39.